The topological polar surface area (TPSA) is 24.5 Å². The number of thiocarbonyl (C=S) groups is 1. The summed E-state index contributed by atoms with van der Waals surface area (Å²) in [6.45, 7) is 10.0. The van der Waals surface area contributed by atoms with E-state index in [1.807, 2.05) is 30.3 Å². The van der Waals surface area contributed by atoms with Gasteiger partial charge in [-0.25, -0.2) is 0 Å². The molecule has 0 saturated carbocycles. The molecule has 0 unspecified atom stereocenters. The predicted molar refractivity (Wildman–Crippen MR) is 83.5 cm³/mol. The summed E-state index contributed by atoms with van der Waals surface area (Å²) in [5.74, 6) is 0. The highest BCUT2D eigenvalue weighted by Gasteiger charge is 2.38. The third-order valence-electron chi connectivity index (χ3n) is 3.01. The minimum absolute atomic E-state index is 0.190. The Kier molecular flexibility index (Phi) is 3.83. The molecule has 1 fully saturated rings. The molecular formula is C15H22N2OS. The van der Waals surface area contributed by atoms with Crippen molar-refractivity contribution >= 4 is 23.0 Å². The van der Waals surface area contributed by atoms with E-state index < -0.39 is 0 Å². The number of nitrogens with one attached hydrogen (secondary N) is 1. The molecule has 1 aliphatic heterocycles. The molecule has 19 heavy (non-hydrogen) atoms. The van der Waals surface area contributed by atoms with Crippen LogP contribution < -0.4 is 5.32 Å². The first-order valence-corrected chi connectivity index (χ1v) is 6.99. The van der Waals surface area contributed by atoms with Gasteiger partial charge in [0.25, 0.3) is 0 Å². The van der Waals surface area contributed by atoms with Gasteiger partial charge in [0.05, 0.1) is 11.2 Å². The quantitative estimate of drug-likeness (QED) is 0.797. The molecule has 0 atom stereocenters. The van der Waals surface area contributed by atoms with E-state index in [-0.39, 0.29) is 11.2 Å². The fraction of sp³-hybridized carbons (Fsp3) is 0.533. The van der Waals surface area contributed by atoms with Crippen molar-refractivity contribution < 1.29 is 4.74 Å². The molecule has 1 aliphatic rings. The monoisotopic (exact) mass is 278 g/mol. The molecule has 1 aromatic rings. The van der Waals surface area contributed by atoms with Crippen molar-refractivity contribution in [3.05, 3.63) is 30.3 Å². The van der Waals surface area contributed by atoms with E-state index in [2.05, 4.69) is 37.9 Å². The summed E-state index contributed by atoms with van der Waals surface area (Å²) >= 11 is 5.52. The van der Waals surface area contributed by atoms with Gasteiger partial charge in [-0.15, -0.1) is 0 Å². The van der Waals surface area contributed by atoms with Gasteiger partial charge < -0.3 is 15.0 Å². The van der Waals surface area contributed by atoms with Gasteiger partial charge in [0, 0.05) is 18.8 Å². The standard InChI is InChI=1S/C15H22N2OS/c1-14(2)10-17(11-15(3,4)18-14)13(19)16-12-8-6-5-7-9-12/h5-9H,10-11H2,1-4H3,(H,16,19). The number of para-hydroxylation sites is 1. The second-order valence-corrected chi connectivity index (χ2v) is 6.66. The van der Waals surface area contributed by atoms with E-state index in [1.165, 1.54) is 0 Å². The van der Waals surface area contributed by atoms with Crippen LogP contribution in [-0.4, -0.2) is 34.3 Å². The molecular weight excluding hydrogens is 256 g/mol. The van der Waals surface area contributed by atoms with Crippen molar-refractivity contribution in [2.75, 3.05) is 18.4 Å². The second kappa shape index (κ2) is 5.10. The van der Waals surface area contributed by atoms with Crippen molar-refractivity contribution in [2.24, 2.45) is 0 Å². The zero-order chi connectivity index (χ0) is 14.1. The molecule has 4 heteroatoms. The van der Waals surface area contributed by atoms with Crippen molar-refractivity contribution in [3.63, 3.8) is 0 Å². The fourth-order valence-electron chi connectivity index (χ4n) is 2.66. The largest absolute Gasteiger partial charge is 0.366 e. The van der Waals surface area contributed by atoms with Crippen molar-refractivity contribution in [1.29, 1.82) is 0 Å². The SMILES string of the molecule is CC1(C)CN(C(=S)Nc2ccccc2)CC(C)(C)O1. The zero-order valence-electron chi connectivity index (χ0n) is 12.1. The molecule has 1 saturated heterocycles. The van der Waals surface area contributed by atoms with Gasteiger partial charge >= 0.3 is 0 Å². The highest BCUT2D eigenvalue weighted by Crippen LogP contribution is 2.28. The molecule has 2 rings (SSSR count). The van der Waals surface area contributed by atoms with Gasteiger partial charge in [0.1, 0.15) is 0 Å². The van der Waals surface area contributed by atoms with E-state index in [9.17, 15) is 0 Å². The number of hydrogen-bond acceptors (Lipinski definition) is 2. The molecule has 0 amide bonds. The lowest BCUT2D eigenvalue weighted by Gasteiger charge is -2.48. The smallest absolute Gasteiger partial charge is 0.173 e. The molecule has 0 aliphatic carbocycles. The van der Waals surface area contributed by atoms with Crippen LogP contribution in [0.5, 0.6) is 0 Å². The van der Waals surface area contributed by atoms with Crippen LogP contribution in [0.4, 0.5) is 5.69 Å². The van der Waals surface area contributed by atoms with Crippen molar-refractivity contribution in [3.8, 4) is 0 Å². The zero-order valence-corrected chi connectivity index (χ0v) is 12.9. The number of rotatable bonds is 1. The number of morpholine rings is 1. The average Bonchev–Trinajstić information content (AvgIpc) is 2.26. The number of benzene rings is 1. The minimum atomic E-state index is -0.190. The molecule has 0 radical (unpaired) electrons. The highest BCUT2D eigenvalue weighted by molar-refractivity contribution is 7.80. The third-order valence-corrected chi connectivity index (χ3v) is 3.37. The summed E-state index contributed by atoms with van der Waals surface area (Å²) < 4.78 is 6.06. The lowest BCUT2D eigenvalue weighted by atomic mass is 9.99. The molecule has 0 bridgehead atoms. The Hall–Kier alpha value is -1.13. The summed E-state index contributed by atoms with van der Waals surface area (Å²) in [5, 5.41) is 4.05. The van der Waals surface area contributed by atoms with Gasteiger partial charge in [0.15, 0.2) is 5.11 Å². The molecule has 1 heterocycles. The highest BCUT2D eigenvalue weighted by atomic mass is 32.1. The van der Waals surface area contributed by atoms with E-state index in [4.69, 9.17) is 17.0 Å². The molecule has 104 valence electrons. The van der Waals surface area contributed by atoms with Crippen LogP contribution in [0.1, 0.15) is 27.7 Å². The number of ether oxygens (including phenoxy) is 1. The van der Waals surface area contributed by atoms with Crippen molar-refractivity contribution in [1.82, 2.24) is 4.90 Å². The first-order chi connectivity index (χ1) is 8.77. The number of anilines is 1. The maximum Gasteiger partial charge on any atom is 0.173 e. The van der Waals surface area contributed by atoms with Crippen LogP contribution in [0.2, 0.25) is 0 Å². The maximum absolute atomic E-state index is 6.06. The van der Waals surface area contributed by atoms with Crippen LogP contribution in [0.3, 0.4) is 0 Å². The normalized spacial score (nSPS) is 20.9. The van der Waals surface area contributed by atoms with Gasteiger partial charge in [-0.1, -0.05) is 18.2 Å². The summed E-state index contributed by atoms with van der Waals surface area (Å²) in [6, 6.07) is 10.0. The Morgan fingerprint density at radius 1 is 1.11 bits per heavy atom. The molecule has 1 aromatic carbocycles. The maximum atomic E-state index is 6.06. The van der Waals surface area contributed by atoms with Gasteiger partial charge in [-0.3, -0.25) is 0 Å². The Morgan fingerprint density at radius 3 is 2.16 bits per heavy atom. The first kappa shape index (κ1) is 14.3. The van der Waals surface area contributed by atoms with Gasteiger partial charge in [-0.2, -0.15) is 0 Å². The lowest BCUT2D eigenvalue weighted by molar-refractivity contribution is -0.166. The first-order valence-electron chi connectivity index (χ1n) is 6.59. The van der Waals surface area contributed by atoms with E-state index >= 15 is 0 Å². The predicted octanol–water partition coefficient (Wildman–Crippen LogP) is 3.27. The molecule has 3 nitrogen and oxygen atoms in total. The Morgan fingerprint density at radius 2 is 1.63 bits per heavy atom. The molecule has 0 aromatic heterocycles. The van der Waals surface area contributed by atoms with Crippen LogP contribution in [-0.2, 0) is 4.74 Å². The molecule has 1 N–H and O–H groups in total. The van der Waals surface area contributed by atoms with Crippen LogP contribution in [0, 0.1) is 0 Å². The summed E-state index contributed by atoms with van der Waals surface area (Å²) in [4.78, 5) is 2.19. The summed E-state index contributed by atoms with van der Waals surface area (Å²) in [6.07, 6.45) is 0. The Balaban J connectivity index is 2.07. The van der Waals surface area contributed by atoms with E-state index in [0.717, 1.165) is 23.9 Å². The van der Waals surface area contributed by atoms with Crippen LogP contribution in [0.15, 0.2) is 30.3 Å². The van der Waals surface area contributed by atoms with Gasteiger partial charge in [0.2, 0.25) is 0 Å². The van der Waals surface area contributed by atoms with Crippen LogP contribution >= 0.6 is 12.2 Å². The van der Waals surface area contributed by atoms with Gasteiger partial charge in [-0.05, 0) is 52.0 Å². The Labute approximate surface area is 120 Å². The third kappa shape index (κ3) is 3.91. The average molecular weight is 278 g/mol. The second-order valence-electron chi connectivity index (χ2n) is 6.27. The van der Waals surface area contributed by atoms with Crippen molar-refractivity contribution in [2.45, 2.75) is 38.9 Å². The summed E-state index contributed by atoms with van der Waals surface area (Å²) in [7, 11) is 0. The molecule has 0 spiro atoms. The number of hydrogen-bond donors (Lipinski definition) is 1. The van der Waals surface area contributed by atoms with E-state index in [1.54, 1.807) is 0 Å². The van der Waals surface area contributed by atoms with Crippen LogP contribution in [0.25, 0.3) is 0 Å². The number of nitrogens with zero attached hydrogens (tertiary/aromatic N) is 1. The fourth-order valence-corrected chi connectivity index (χ4v) is 2.90. The lowest BCUT2D eigenvalue weighted by Crippen LogP contribution is -2.59. The summed E-state index contributed by atoms with van der Waals surface area (Å²) in [5.41, 5.74) is 0.642. The van der Waals surface area contributed by atoms with E-state index in [0.29, 0.717) is 0 Å². The Bertz CT molecular complexity index is 440. The minimum Gasteiger partial charge on any atom is -0.366 e.